The van der Waals surface area contributed by atoms with Crippen LogP contribution in [0, 0.1) is 11.5 Å². The van der Waals surface area contributed by atoms with Gasteiger partial charge in [0.2, 0.25) is 0 Å². The Bertz CT molecular complexity index is 1390. The Morgan fingerprint density at radius 1 is 0.943 bits per heavy atom. The van der Waals surface area contributed by atoms with E-state index in [-0.39, 0.29) is 28.9 Å². The zero-order chi connectivity index (χ0) is 25.1. The van der Waals surface area contributed by atoms with Crippen molar-refractivity contribution < 1.29 is 13.2 Å². The van der Waals surface area contributed by atoms with Crippen LogP contribution in [0.25, 0.3) is 0 Å². The molecule has 1 aliphatic heterocycles. The number of sulfonamides is 1. The Kier molecular flexibility index (Phi) is 7.06. The highest BCUT2D eigenvalue weighted by Crippen LogP contribution is 2.31. The average molecular weight is 501 g/mol. The van der Waals surface area contributed by atoms with Crippen LogP contribution in [0.4, 0.5) is 5.69 Å². The highest BCUT2D eigenvalue weighted by atomic mass is 32.2. The summed E-state index contributed by atoms with van der Waals surface area (Å²) in [6, 6.07) is 24.9. The van der Waals surface area contributed by atoms with Crippen molar-refractivity contribution in [1.29, 1.82) is 0 Å². The summed E-state index contributed by atoms with van der Waals surface area (Å²) >= 11 is 0. The smallest absolute Gasteiger partial charge is 0.286 e. The molecule has 0 radical (unpaired) electrons. The molecular weight excluding hydrogens is 472 g/mol. The Hall–Kier alpha value is -3.47. The summed E-state index contributed by atoms with van der Waals surface area (Å²) in [6.45, 7) is 6.37. The maximum absolute atomic E-state index is 13.1. The van der Waals surface area contributed by atoms with Gasteiger partial charge in [-0.2, -0.15) is 8.42 Å². The number of anilines is 1. The van der Waals surface area contributed by atoms with Gasteiger partial charge < -0.3 is 5.32 Å². The number of benzene rings is 3. The van der Waals surface area contributed by atoms with Crippen molar-refractivity contribution in [2.24, 2.45) is 4.40 Å². The lowest BCUT2D eigenvalue weighted by Crippen LogP contribution is -2.29. The molecule has 0 saturated carbocycles. The van der Waals surface area contributed by atoms with Crippen molar-refractivity contribution in [1.82, 2.24) is 0 Å². The predicted octanol–water partition coefficient (Wildman–Crippen LogP) is 5.61. The lowest BCUT2D eigenvalue weighted by atomic mass is 9.87. The van der Waals surface area contributed by atoms with Gasteiger partial charge in [-0.1, -0.05) is 86.2 Å². The normalized spacial score (nSPS) is 14.2. The van der Waals surface area contributed by atoms with Crippen molar-refractivity contribution in [2.45, 2.75) is 43.3 Å². The molecule has 3 aromatic carbocycles. The van der Waals surface area contributed by atoms with E-state index in [0.29, 0.717) is 17.7 Å². The van der Waals surface area contributed by atoms with Gasteiger partial charge >= 0.3 is 0 Å². The van der Waals surface area contributed by atoms with E-state index in [0.717, 1.165) is 11.1 Å². The Morgan fingerprint density at radius 3 is 2.11 bits per heavy atom. The third-order valence-electron chi connectivity index (χ3n) is 5.63. The highest BCUT2D eigenvalue weighted by molar-refractivity contribution is 7.90. The van der Waals surface area contributed by atoms with Crippen LogP contribution in [0.5, 0.6) is 0 Å². The lowest BCUT2D eigenvalue weighted by Gasteiger charge is -2.20. The number of amidine groups is 1. The van der Waals surface area contributed by atoms with Crippen LogP contribution in [-0.4, -0.2) is 28.1 Å². The number of ketones is 1. The molecule has 5 nitrogen and oxygen atoms in total. The summed E-state index contributed by atoms with van der Waals surface area (Å²) in [4.78, 5) is 13.1. The Labute approximate surface area is 208 Å². The van der Waals surface area contributed by atoms with Crippen molar-refractivity contribution in [3.63, 3.8) is 0 Å². The minimum absolute atomic E-state index is 0.0157. The number of carbonyl (C=O) groups is 1. The van der Waals surface area contributed by atoms with Gasteiger partial charge in [0.05, 0.1) is 5.69 Å². The van der Waals surface area contributed by atoms with Gasteiger partial charge in [0.25, 0.3) is 10.0 Å². The molecule has 0 aromatic heterocycles. The average Bonchev–Trinajstić information content (AvgIpc) is 2.83. The minimum atomic E-state index is -4.01. The number of Topliss-reactive ketones (excluding diaryl/α,β-unsaturated/α-hetero) is 1. The summed E-state index contributed by atoms with van der Waals surface area (Å²) in [7, 11) is -5.61. The molecule has 1 aliphatic rings. The lowest BCUT2D eigenvalue weighted by molar-refractivity contribution is -0.113. The van der Waals surface area contributed by atoms with Gasteiger partial charge in [-0.3, -0.25) is 4.79 Å². The number of nitrogens with one attached hydrogen (secondary N) is 1. The summed E-state index contributed by atoms with van der Waals surface area (Å²) in [5, 5.41) is 2.94. The Balaban J connectivity index is 1.55. The monoisotopic (exact) mass is 500 g/mol. The van der Waals surface area contributed by atoms with Gasteiger partial charge in [-0.05, 0) is 35.7 Å². The van der Waals surface area contributed by atoms with E-state index in [9.17, 15) is 13.2 Å². The van der Waals surface area contributed by atoms with Gasteiger partial charge in [0.1, 0.15) is 13.0 Å². The maximum atomic E-state index is 13.1. The standard InChI is InChI=1S/C28H28N2O3SSi/c1-35(2,3)19-18-21-14-16-25-27(20-21)34(32,33)30-28(29-25)26(31)17-15-24(22-10-6-4-7-11-22)23-12-8-5-9-13-23/h4-14,16,20,24H,15,17H2,1-3H3,(H,29,30). The van der Waals surface area contributed by atoms with Crippen LogP contribution < -0.4 is 5.32 Å². The summed E-state index contributed by atoms with van der Waals surface area (Å²) in [5.41, 5.74) is 6.42. The van der Waals surface area contributed by atoms with E-state index in [1.54, 1.807) is 12.1 Å². The van der Waals surface area contributed by atoms with E-state index in [1.807, 2.05) is 60.7 Å². The van der Waals surface area contributed by atoms with Crippen molar-refractivity contribution in [3.8, 4) is 11.5 Å². The molecule has 0 amide bonds. The second-order valence-electron chi connectivity index (χ2n) is 9.59. The number of fused-ring (bicyclic) bond motifs is 1. The largest absolute Gasteiger partial charge is 0.335 e. The van der Waals surface area contributed by atoms with Crippen molar-refractivity contribution >= 4 is 35.4 Å². The molecule has 1 heterocycles. The number of hydrogen-bond donors (Lipinski definition) is 1. The molecule has 35 heavy (non-hydrogen) atoms. The van der Waals surface area contributed by atoms with Crippen LogP contribution in [0.15, 0.2) is 88.2 Å². The predicted molar refractivity (Wildman–Crippen MR) is 144 cm³/mol. The van der Waals surface area contributed by atoms with Gasteiger partial charge in [-0.15, -0.1) is 9.94 Å². The number of carbonyl (C=O) groups excluding carboxylic acids is 1. The topological polar surface area (TPSA) is 75.6 Å². The van der Waals surface area contributed by atoms with Crippen LogP contribution in [-0.2, 0) is 14.8 Å². The van der Waals surface area contributed by atoms with Gasteiger partial charge in [0, 0.05) is 17.9 Å². The van der Waals surface area contributed by atoms with Crippen molar-refractivity contribution in [2.75, 3.05) is 5.32 Å². The first kappa shape index (κ1) is 24.6. The molecule has 1 N–H and O–H groups in total. The molecule has 7 heteroatoms. The number of nitrogens with zero attached hydrogens (tertiary/aromatic N) is 1. The summed E-state index contributed by atoms with van der Waals surface area (Å²) in [5.74, 6) is 2.62. The quantitative estimate of drug-likeness (QED) is 0.353. The van der Waals surface area contributed by atoms with E-state index in [4.69, 9.17) is 0 Å². The fourth-order valence-electron chi connectivity index (χ4n) is 3.91. The maximum Gasteiger partial charge on any atom is 0.286 e. The first-order valence-corrected chi connectivity index (χ1v) is 16.5. The highest BCUT2D eigenvalue weighted by Gasteiger charge is 2.29. The molecule has 4 rings (SSSR count). The first-order valence-electron chi connectivity index (χ1n) is 11.5. The molecule has 0 saturated heterocycles. The zero-order valence-electron chi connectivity index (χ0n) is 20.1. The molecular formula is C28H28N2O3SSi. The van der Waals surface area contributed by atoms with E-state index >= 15 is 0 Å². The van der Waals surface area contributed by atoms with E-state index in [1.165, 1.54) is 6.07 Å². The Morgan fingerprint density at radius 2 is 1.54 bits per heavy atom. The third-order valence-corrected chi connectivity index (χ3v) is 7.83. The van der Waals surface area contributed by atoms with Gasteiger partial charge in [0.15, 0.2) is 11.6 Å². The fraction of sp³-hybridized carbons (Fsp3) is 0.214. The number of rotatable bonds is 6. The number of hydrogen-bond acceptors (Lipinski definition) is 4. The summed E-state index contributed by atoms with van der Waals surface area (Å²) < 4.78 is 29.6. The molecule has 0 fully saturated rings. The SMILES string of the molecule is C[Si](C)(C)C#Cc1ccc2c(c1)S(=O)(=O)N=C(C(=O)CCC(c1ccccc1)c1ccccc1)N2. The minimum Gasteiger partial charge on any atom is -0.335 e. The molecule has 0 aliphatic carbocycles. The van der Waals surface area contributed by atoms with Crippen LogP contribution in [0.3, 0.4) is 0 Å². The first-order chi connectivity index (χ1) is 16.6. The second-order valence-corrected chi connectivity index (χ2v) is 15.9. The third kappa shape index (κ3) is 6.16. The van der Waals surface area contributed by atoms with E-state index < -0.39 is 18.1 Å². The van der Waals surface area contributed by atoms with Crippen LogP contribution >= 0.6 is 0 Å². The van der Waals surface area contributed by atoms with Gasteiger partial charge in [-0.25, -0.2) is 0 Å². The summed E-state index contributed by atoms with van der Waals surface area (Å²) in [6.07, 6.45) is 0.691. The van der Waals surface area contributed by atoms with Crippen molar-refractivity contribution in [3.05, 3.63) is 95.6 Å². The van der Waals surface area contributed by atoms with Crippen LogP contribution in [0.1, 0.15) is 35.4 Å². The molecule has 178 valence electrons. The molecule has 0 spiro atoms. The molecule has 0 unspecified atom stereocenters. The second kappa shape index (κ2) is 10.0. The molecule has 0 atom stereocenters. The fourth-order valence-corrected chi connectivity index (χ4v) is 5.59. The zero-order valence-corrected chi connectivity index (χ0v) is 21.9. The molecule has 0 bridgehead atoms. The van der Waals surface area contributed by atoms with Crippen LogP contribution in [0.2, 0.25) is 19.6 Å². The van der Waals surface area contributed by atoms with E-state index in [2.05, 4.69) is 40.8 Å². The molecule has 3 aromatic rings.